The third-order valence-corrected chi connectivity index (χ3v) is 3.43. The van der Waals surface area contributed by atoms with E-state index < -0.39 is 15.4 Å². The molecule has 15 heavy (non-hydrogen) atoms. The topological polar surface area (TPSA) is 80.2 Å². The van der Waals surface area contributed by atoms with Crippen molar-refractivity contribution in [2.45, 2.75) is 31.5 Å². The molecule has 1 rings (SSSR count). The van der Waals surface area contributed by atoms with Gasteiger partial charge in [0.05, 0.1) is 11.4 Å². The second-order valence-electron chi connectivity index (χ2n) is 4.11. The molecule has 0 amide bonds. The van der Waals surface area contributed by atoms with Crippen molar-refractivity contribution in [2.75, 3.05) is 5.75 Å². The second-order valence-corrected chi connectivity index (χ2v) is 6.00. The summed E-state index contributed by atoms with van der Waals surface area (Å²) in [5, 5.41) is 9.19. The molecule has 0 aromatic carbocycles. The molecule has 6 heteroatoms. The van der Waals surface area contributed by atoms with Crippen molar-refractivity contribution in [1.29, 1.82) is 0 Å². The van der Waals surface area contributed by atoms with Gasteiger partial charge in [0.25, 0.3) is 0 Å². The zero-order chi connectivity index (χ0) is 11.7. The van der Waals surface area contributed by atoms with Crippen molar-refractivity contribution < 1.29 is 13.5 Å². The predicted octanol–water partition coefficient (Wildman–Crippen LogP) is 0.330. The van der Waals surface area contributed by atoms with Gasteiger partial charge < -0.3 is 5.11 Å². The highest BCUT2D eigenvalue weighted by Gasteiger charge is 2.27. The van der Waals surface area contributed by atoms with Gasteiger partial charge in [-0.1, -0.05) is 0 Å². The van der Waals surface area contributed by atoms with Crippen LogP contribution in [0.4, 0.5) is 0 Å². The van der Waals surface area contributed by atoms with Gasteiger partial charge in [0.15, 0.2) is 0 Å². The van der Waals surface area contributed by atoms with E-state index in [0.29, 0.717) is 0 Å². The van der Waals surface area contributed by atoms with E-state index in [4.69, 9.17) is 0 Å². The van der Waals surface area contributed by atoms with E-state index in [1.807, 2.05) is 0 Å². The summed E-state index contributed by atoms with van der Waals surface area (Å²) in [5.74, 6) is -0.386. The number of nitrogens with zero attached hydrogens (tertiary/aromatic N) is 2. The molecule has 0 radical (unpaired) electrons. The van der Waals surface area contributed by atoms with Crippen LogP contribution in [0.3, 0.4) is 0 Å². The number of aliphatic hydroxyl groups is 1. The number of hydrogen-bond donors (Lipinski definition) is 1. The molecule has 1 aromatic rings. The Morgan fingerprint density at radius 3 is 2.20 bits per heavy atom. The van der Waals surface area contributed by atoms with Crippen LogP contribution in [-0.4, -0.2) is 34.8 Å². The average Bonchev–Trinajstić information content (AvgIpc) is 2.00. The third kappa shape index (κ3) is 3.56. The lowest BCUT2D eigenvalue weighted by Gasteiger charge is -2.15. The number of aromatic nitrogens is 2. The molecule has 0 aliphatic heterocycles. The van der Waals surface area contributed by atoms with E-state index in [-0.39, 0.29) is 10.9 Å². The van der Waals surface area contributed by atoms with Gasteiger partial charge in [-0.15, -0.1) is 0 Å². The first-order chi connectivity index (χ1) is 6.71. The summed E-state index contributed by atoms with van der Waals surface area (Å²) < 4.78 is 23.3. The van der Waals surface area contributed by atoms with Crippen molar-refractivity contribution in [3.05, 3.63) is 18.0 Å². The Labute approximate surface area is 89.1 Å². The number of rotatable bonds is 3. The van der Waals surface area contributed by atoms with Crippen LogP contribution in [0.2, 0.25) is 0 Å². The molecule has 84 valence electrons. The Kier molecular flexibility index (Phi) is 3.11. The molecule has 0 fully saturated rings. The van der Waals surface area contributed by atoms with Crippen LogP contribution in [0.15, 0.2) is 17.6 Å². The van der Waals surface area contributed by atoms with Gasteiger partial charge >= 0.3 is 0 Å². The van der Waals surface area contributed by atoms with E-state index in [0.717, 1.165) is 5.56 Å². The van der Waals surface area contributed by atoms with Crippen LogP contribution in [0.5, 0.6) is 0 Å². The second kappa shape index (κ2) is 3.86. The molecule has 0 aliphatic rings. The van der Waals surface area contributed by atoms with Gasteiger partial charge in [-0.25, -0.2) is 18.4 Å². The molecule has 0 atom stereocenters. The Morgan fingerprint density at radius 1 is 1.33 bits per heavy atom. The zero-order valence-electron chi connectivity index (χ0n) is 8.93. The van der Waals surface area contributed by atoms with Gasteiger partial charge in [0.1, 0.15) is 0 Å². The monoisotopic (exact) mass is 230 g/mol. The normalized spacial score (nSPS) is 12.8. The fourth-order valence-corrected chi connectivity index (χ4v) is 2.56. The molecule has 0 saturated heterocycles. The summed E-state index contributed by atoms with van der Waals surface area (Å²) in [7, 11) is -3.61. The standard InChI is InChI=1S/C9H14N2O3S/c1-7-4-10-8(11-5-7)15(13,14)6-9(2,3)12/h4-5,12H,6H2,1-3H3. The van der Waals surface area contributed by atoms with Gasteiger partial charge in [-0.3, -0.25) is 0 Å². The fraction of sp³-hybridized carbons (Fsp3) is 0.556. The van der Waals surface area contributed by atoms with Crippen molar-refractivity contribution in [3.63, 3.8) is 0 Å². The minimum Gasteiger partial charge on any atom is -0.389 e. The van der Waals surface area contributed by atoms with Gasteiger partial charge in [-0.05, 0) is 26.3 Å². The van der Waals surface area contributed by atoms with Crippen molar-refractivity contribution in [1.82, 2.24) is 9.97 Å². The van der Waals surface area contributed by atoms with Crippen LogP contribution in [0.25, 0.3) is 0 Å². The maximum Gasteiger partial charge on any atom is 0.247 e. The predicted molar refractivity (Wildman–Crippen MR) is 55.1 cm³/mol. The molecule has 0 spiro atoms. The minimum absolute atomic E-state index is 0.241. The summed E-state index contributed by atoms with van der Waals surface area (Å²) in [5.41, 5.74) is -0.496. The van der Waals surface area contributed by atoms with Crippen LogP contribution in [0.1, 0.15) is 19.4 Å². The highest BCUT2D eigenvalue weighted by Crippen LogP contribution is 2.12. The first-order valence-corrected chi connectivity index (χ1v) is 6.10. The third-order valence-electron chi connectivity index (χ3n) is 1.58. The average molecular weight is 230 g/mol. The summed E-state index contributed by atoms with van der Waals surface area (Å²) in [6, 6.07) is 0. The molecule has 1 aromatic heterocycles. The Balaban J connectivity index is 3.02. The zero-order valence-corrected chi connectivity index (χ0v) is 9.74. The van der Waals surface area contributed by atoms with Crippen LogP contribution in [-0.2, 0) is 9.84 Å². The summed E-state index contributed by atoms with van der Waals surface area (Å²) in [6.45, 7) is 4.63. The van der Waals surface area contributed by atoms with E-state index >= 15 is 0 Å². The van der Waals surface area contributed by atoms with Crippen molar-refractivity contribution >= 4 is 9.84 Å². The molecular weight excluding hydrogens is 216 g/mol. The number of aryl methyl sites for hydroxylation is 1. The summed E-state index contributed by atoms with van der Waals surface area (Å²) >= 11 is 0. The lowest BCUT2D eigenvalue weighted by atomic mass is 10.2. The quantitative estimate of drug-likeness (QED) is 0.757. The first-order valence-electron chi connectivity index (χ1n) is 4.44. The smallest absolute Gasteiger partial charge is 0.247 e. The number of sulfone groups is 1. The minimum atomic E-state index is -3.61. The molecule has 5 nitrogen and oxygen atoms in total. The maximum atomic E-state index is 11.7. The molecule has 0 bridgehead atoms. The number of hydrogen-bond acceptors (Lipinski definition) is 5. The van der Waals surface area contributed by atoms with Crippen molar-refractivity contribution in [3.8, 4) is 0 Å². The first kappa shape index (κ1) is 12.1. The van der Waals surface area contributed by atoms with Crippen molar-refractivity contribution in [2.24, 2.45) is 0 Å². The van der Waals surface area contributed by atoms with Crippen LogP contribution < -0.4 is 0 Å². The molecule has 0 aliphatic carbocycles. The molecule has 0 saturated carbocycles. The largest absolute Gasteiger partial charge is 0.389 e. The van der Waals surface area contributed by atoms with Gasteiger partial charge in [0.2, 0.25) is 15.0 Å². The van der Waals surface area contributed by atoms with Crippen LogP contribution >= 0.6 is 0 Å². The summed E-state index contributed by atoms with van der Waals surface area (Å²) in [6.07, 6.45) is 2.87. The van der Waals surface area contributed by atoms with Gasteiger partial charge in [0, 0.05) is 12.4 Å². The van der Waals surface area contributed by atoms with E-state index in [2.05, 4.69) is 9.97 Å². The van der Waals surface area contributed by atoms with Crippen LogP contribution in [0, 0.1) is 6.92 Å². The van der Waals surface area contributed by atoms with E-state index in [1.54, 1.807) is 6.92 Å². The lowest BCUT2D eigenvalue weighted by molar-refractivity contribution is 0.105. The highest BCUT2D eigenvalue weighted by molar-refractivity contribution is 7.91. The highest BCUT2D eigenvalue weighted by atomic mass is 32.2. The Hall–Kier alpha value is -1.01. The van der Waals surface area contributed by atoms with Gasteiger partial charge in [-0.2, -0.15) is 0 Å². The lowest BCUT2D eigenvalue weighted by Crippen LogP contribution is -2.30. The Morgan fingerprint density at radius 2 is 1.80 bits per heavy atom. The molecule has 1 heterocycles. The molecule has 0 unspecified atom stereocenters. The SMILES string of the molecule is Cc1cnc(S(=O)(=O)CC(C)(C)O)nc1. The van der Waals surface area contributed by atoms with E-state index in [1.165, 1.54) is 26.2 Å². The fourth-order valence-electron chi connectivity index (χ4n) is 1.07. The summed E-state index contributed by atoms with van der Waals surface area (Å²) in [4.78, 5) is 7.45. The molecule has 1 N–H and O–H groups in total. The van der Waals surface area contributed by atoms with E-state index in [9.17, 15) is 13.5 Å². The maximum absolute atomic E-state index is 11.7. The Bertz CT molecular complexity index is 431. The molecular formula is C9H14N2O3S.